The Labute approximate surface area is 166 Å². The molecule has 4 aromatic rings. The minimum Gasteiger partial charge on any atom is -0.465 e. The summed E-state index contributed by atoms with van der Waals surface area (Å²) in [4.78, 5) is 24.7. The maximum Gasteiger partial charge on any atom is 0.407 e. The summed E-state index contributed by atoms with van der Waals surface area (Å²) in [6, 6.07) is 8.12. The van der Waals surface area contributed by atoms with Gasteiger partial charge in [0.15, 0.2) is 0 Å². The zero-order chi connectivity index (χ0) is 20.0. The van der Waals surface area contributed by atoms with Crippen molar-refractivity contribution in [3.8, 4) is 0 Å². The highest BCUT2D eigenvalue weighted by Gasteiger charge is 2.18. The van der Waals surface area contributed by atoms with E-state index < -0.39 is 6.09 Å². The Bertz CT molecular complexity index is 1270. The van der Waals surface area contributed by atoms with Crippen molar-refractivity contribution in [1.29, 1.82) is 0 Å². The number of pyridine rings is 2. The molecular weight excluding hydrogens is 368 g/mol. The topological polar surface area (TPSA) is 98.5 Å². The molecule has 0 aliphatic carbocycles. The second-order valence-corrected chi connectivity index (χ2v) is 7.17. The van der Waals surface area contributed by atoms with E-state index in [9.17, 15) is 4.79 Å². The van der Waals surface area contributed by atoms with Gasteiger partial charge in [0.1, 0.15) is 5.65 Å². The molecule has 146 valence electrons. The summed E-state index contributed by atoms with van der Waals surface area (Å²) in [6.45, 7) is 2.90. The third kappa shape index (κ3) is 3.08. The van der Waals surface area contributed by atoms with Gasteiger partial charge in [-0.05, 0) is 43.2 Å². The average Bonchev–Trinajstić information content (AvgIpc) is 3.33. The van der Waals surface area contributed by atoms with Gasteiger partial charge in [-0.3, -0.25) is 0 Å². The molecule has 3 N–H and O–H groups in total. The van der Waals surface area contributed by atoms with Gasteiger partial charge < -0.3 is 24.7 Å². The van der Waals surface area contributed by atoms with Crippen LogP contribution in [0.1, 0.15) is 17.8 Å². The maximum atomic E-state index is 11.1. The largest absolute Gasteiger partial charge is 0.465 e. The number of nitrogens with zero attached hydrogens (tertiary/aromatic N) is 4. The average molecular weight is 388 g/mol. The third-order valence-corrected chi connectivity index (χ3v) is 5.37. The summed E-state index contributed by atoms with van der Waals surface area (Å²) in [5.74, 6) is 0. The first-order valence-electron chi connectivity index (χ1n) is 9.44. The number of carbonyl (C=O) groups is 1. The predicted octanol–water partition coefficient (Wildman–Crippen LogP) is 4.03. The van der Waals surface area contributed by atoms with Gasteiger partial charge in [0, 0.05) is 42.3 Å². The van der Waals surface area contributed by atoms with Gasteiger partial charge in [-0.2, -0.15) is 0 Å². The van der Waals surface area contributed by atoms with E-state index in [1.807, 2.05) is 35.7 Å². The quantitative estimate of drug-likeness (QED) is 0.492. The van der Waals surface area contributed by atoms with Crippen LogP contribution in [0.2, 0.25) is 0 Å². The van der Waals surface area contributed by atoms with E-state index in [0.29, 0.717) is 19.5 Å². The van der Waals surface area contributed by atoms with Crippen LogP contribution in [0.5, 0.6) is 0 Å². The number of H-pyrrole nitrogens is 1. The molecule has 1 amide bonds. The Hall–Kier alpha value is -3.81. The normalized spacial score (nSPS) is 14.4. The molecule has 5 rings (SSSR count). The second-order valence-electron chi connectivity index (χ2n) is 7.17. The number of nitrogens with one attached hydrogen (secondary N) is 2. The molecule has 29 heavy (non-hydrogen) atoms. The van der Waals surface area contributed by atoms with Crippen molar-refractivity contribution in [2.45, 2.75) is 13.3 Å². The van der Waals surface area contributed by atoms with E-state index in [2.05, 4.69) is 32.4 Å². The lowest BCUT2D eigenvalue weighted by molar-refractivity contribution is 0.150. The van der Waals surface area contributed by atoms with Gasteiger partial charge in [-0.25, -0.2) is 14.8 Å². The van der Waals surface area contributed by atoms with Gasteiger partial charge in [-0.1, -0.05) is 6.08 Å². The van der Waals surface area contributed by atoms with Crippen LogP contribution >= 0.6 is 0 Å². The third-order valence-electron chi connectivity index (χ3n) is 5.37. The number of aromatic amines is 1. The zero-order valence-corrected chi connectivity index (χ0v) is 15.9. The molecule has 5 heterocycles. The highest BCUT2D eigenvalue weighted by Crippen LogP contribution is 2.30. The highest BCUT2D eigenvalue weighted by molar-refractivity contribution is 5.94. The predicted molar refractivity (Wildman–Crippen MR) is 111 cm³/mol. The SMILES string of the molecule is Cc1ncn2ccc(Nc3ccnc4[nH]c(C5=CCN(C(=O)O)CC5)cc34)cc12. The van der Waals surface area contributed by atoms with Crippen molar-refractivity contribution in [3.63, 3.8) is 0 Å². The molecule has 0 fully saturated rings. The Morgan fingerprint density at radius 3 is 2.97 bits per heavy atom. The Morgan fingerprint density at radius 2 is 2.17 bits per heavy atom. The summed E-state index contributed by atoms with van der Waals surface area (Å²) in [5, 5.41) is 13.6. The fourth-order valence-electron chi connectivity index (χ4n) is 3.75. The van der Waals surface area contributed by atoms with Gasteiger partial charge in [-0.15, -0.1) is 0 Å². The summed E-state index contributed by atoms with van der Waals surface area (Å²) in [7, 11) is 0. The summed E-state index contributed by atoms with van der Waals surface area (Å²) < 4.78 is 1.99. The van der Waals surface area contributed by atoms with Gasteiger partial charge in [0.05, 0.1) is 23.2 Å². The second kappa shape index (κ2) is 6.66. The number of aryl methyl sites for hydroxylation is 1. The molecular formula is C21H20N6O2. The number of hydrogen-bond donors (Lipinski definition) is 3. The van der Waals surface area contributed by atoms with E-state index in [4.69, 9.17) is 5.11 Å². The molecule has 1 aliphatic heterocycles. The van der Waals surface area contributed by atoms with E-state index >= 15 is 0 Å². The maximum absolute atomic E-state index is 11.1. The molecule has 0 unspecified atom stereocenters. The lowest BCUT2D eigenvalue weighted by Gasteiger charge is -2.23. The van der Waals surface area contributed by atoms with Crippen molar-refractivity contribution < 1.29 is 9.90 Å². The minimum atomic E-state index is -0.879. The van der Waals surface area contributed by atoms with E-state index in [1.165, 1.54) is 4.90 Å². The lowest BCUT2D eigenvalue weighted by Crippen LogP contribution is -2.33. The van der Waals surface area contributed by atoms with Crippen molar-refractivity contribution in [2.24, 2.45) is 0 Å². The number of aromatic nitrogens is 4. The molecule has 0 saturated carbocycles. The van der Waals surface area contributed by atoms with Crippen molar-refractivity contribution >= 4 is 39.6 Å². The number of hydrogen-bond acceptors (Lipinski definition) is 4. The van der Waals surface area contributed by atoms with Crippen molar-refractivity contribution in [1.82, 2.24) is 24.3 Å². The van der Waals surface area contributed by atoms with Crippen LogP contribution in [0.3, 0.4) is 0 Å². The number of amides is 1. The van der Waals surface area contributed by atoms with Gasteiger partial charge in [0.25, 0.3) is 0 Å². The number of fused-ring (bicyclic) bond motifs is 2. The van der Waals surface area contributed by atoms with Crippen LogP contribution < -0.4 is 5.32 Å². The van der Waals surface area contributed by atoms with Crippen molar-refractivity contribution in [3.05, 3.63) is 60.5 Å². The van der Waals surface area contributed by atoms with E-state index in [0.717, 1.165) is 44.9 Å². The number of rotatable bonds is 3. The first-order chi connectivity index (χ1) is 14.1. The first kappa shape index (κ1) is 17.3. The number of imidazole rings is 1. The molecule has 0 bridgehead atoms. The molecule has 0 spiro atoms. The molecule has 0 atom stereocenters. The Balaban J connectivity index is 1.47. The molecule has 1 aliphatic rings. The first-order valence-corrected chi connectivity index (χ1v) is 9.44. The van der Waals surface area contributed by atoms with Crippen LogP contribution in [0.15, 0.2) is 49.1 Å². The molecule has 0 radical (unpaired) electrons. The zero-order valence-electron chi connectivity index (χ0n) is 15.9. The van der Waals surface area contributed by atoms with Crippen LogP contribution in [-0.2, 0) is 0 Å². The summed E-state index contributed by atoms with van der Waals surface area (Å²) in [5.41, 5.74) is 6.88. The minimum absolute atomic E-state index is 0.406. The fourth-order valence-corrected chi connectivity index (χ4v) is 3.75. The van der Waals surface area contributed by atoms with Crippen LogP contribution in [0.4, 0.5) is 16.2 Å². The molecule has 8 heteroatoms. The Morgan fingerprint density at radius 1 is 1.28 bits per heavy atom. The Kier molecular flexibility index (Phi) is 3.97. The molecule has 0 saturated heterocycles. The number of carboxylic acid groups (broad SMARTS) is 1. The van der Waals surface area contributed by atoms with Crippen molar-refractivity contribution in [2.75, 3.05) is 18.4 Å². The monoisotopic (exact) mass is 388 g/mol. The fraction of sp³-hybridized carbons (Fsp3) is 0.190. The van der Waals surface area contributed by atoms with E-state index in [1.54, 1.807) is 12.5 Å². The smallest absolute Gasteiger partial charge is 0.407 e. The van der Waals surface area contributed by atoms with Crippen LogP contribution in [0, 0.1) is 6.92 Å². The number of anilines is 2. The highest BCUT2D eigenvalue weighted by atomic mass is 16.4. The molecule has 8 nitrogen and oxygen atoms in total. The molecule has 0 aromatic carbocycles. The van der Waals surface area contributed by atoms with Gasteiger partial charge in [0.2, 0.25) is 0 Å². The van der Waals surface area contributed by atoms with Gasteiger partial charge >= 0.3 is 6.09 Å². The standard InChI is InChI=1S/C21H20N6O2/c1-13-19-10-15(5-9-27(19)12-23-13)24-17-2-6-22-20-16(17)11-18(25-20)14-3-7-26(8-4-14)21(28)29/h2-3,5-6,9-12H,4,7-8H2,1H3,(H,28,29)(H2,22,24,25). The van der Waals surface area contributed by atoms with E-state index in [-0.39, 0.29) is 0 Å². The summed E-state index contributed by atoms with van der Waals surface area (Å²) >= 11 is 0. The van der Waals surface area contributed by atoms with Crippen LogP contribution in [-0.4, -0.2) is 48.5 Å². The lowest BCUT2D eigenvalue weighted by atomic mass is 10.1. The molecule has 4 aromatic heterocycles. The van der Waals surface area contributed by atoms with Crippen LogP contribution in [0.25, 0.3) is 22.1 Å². The summed E-state index contributed by atoms with van der Waals surface area (Å²) in [6.07, 6.45) is 7.33.